The molecule has 0 unspecified atom stereocenters. The standard InChI is InChI=1S/C26H24FN3O3S/c1-26(2,3)22(24(32)33)30-23(31)17-6-4-15(5-7-17)16-8-11-19(12-9-16)28-25-29-20-13-10-18(27)14-21(20)34-25/h4-14,22H,1-3H3,(H,28,29)(H,30,31)(H,32,33)/t22-/m1/s1. The van der Waals surface area contributed by atoms with E-state index in [1.54, 1.807) is 39.0 Å². The van der Waals surface area contributed by atoms with E-state index in [0.717, 1.165) is 27.0 Å². The number of thiazole rings is 1. The van der Waals surface area contributed by atoms with E-state index >= 15 is 0 Å². The number of halogens is 1. The maximum atomic E-state index is 13.4. The van der Waals surface area contributed by atoms with E-state index in [4.69, 9.17) is 0 Å². The molecule has 0 fully saturated rings. The molecule has 0 radical (unpaired) electrons. The Hall–Kier alpha value is -3.78. The van der Waals surface area contributed by atoms with Crippen molar-refractivity contribution in [2.75, 3.05) is 5.32 Å². The summed E-state index contributed by atoms with van der Waals surface area (Å²) in [6.45, 7) is 5.30. The van der Waals surface area contributed by atoms with Crippen molar-refractivity contribution in [2.24, 2.45) is 5.41 Å². The van der Waals surface area contributed by atoms with Gasteiger partial charge in [0.15, 0.2) is 5.13 Å². The first-order valence-corrected chi connectivity index (χ1v) is 11.5. The molecule has 0 saturated carbocycles. The molecule has 0 aliphatic heterocycles. The van der Waals surface area contributed by atoms with Crippen LogP contribution < -0.4 is 10.6 Å². The second-order valence-electron chi connectivity index (χ2n) is 9.02. The van der Waals surface area contributed by atoms with Crippen LogP contribution in [0.15, 0.2) is 66.7 Å². The number of nitrogens with zero attached hydrogens (tertiary/aromatic N) is 1. The Morgan fingerprint density at radius 1 is 0.971 bits per heavy atom. The summed E-state index contributed by atoms with van der Waals surface area (Å²) in [6, 6.07) is 18.3. The summed E-state index contributed by atoms with van der Waals surface area (Å²) in [6.07, 6.45) is 0. The van der Waals surface area contributed by atoms with Gasteiger partial charge in [0.05, 0.1) is 10.2 Å². The van der Waals surface area contributed by atoms with Gasteiger partial charge < -0.3 is 15.7 Å². The van der Waals surface area contributed by atoms with Crippen molar-refractivity contribution in [1.82, 2.24) is 10.3 Å². The second kappa shape index (κ2) is 9.23. The lowest BCUT2D eigenvalue weighted by molar-refractivity contribution is -0.142. The minimum absolute atomic E-state index is 0.286. The third-order valence-electron chi connectivity index (χ3n) is 5.36. The highest BCUT2D eigenvalue weighted by Gasteiger charge is 2.32. The molecule has 4 rings (SSSR count). The van der Waals surface area contributed by atoms with Gasteiger partial charge in [0.1, 0.15) is 11.9 Å². The van der Waals surface area contributed by atoms with Crippen LogP contribution in [-0.2, 0) is 4.79 Å². The summed E-state index contributed by atoms with van der Waals surface area (Å²) in [4.78, 5) is 28.5. The average Bonchev–Trinajstić information content (AvgIpc) is 3.18. The number of carboxylic acids is 1. The van der Waals surface area contributed by atoms with Crippen molar-refractivity contribution in [3.05, 3.63) is 78.1 Å². The number of carbonyl (C=O) groups excluding carboxylic acids is 1. The van der Waals surface area contributed by atoms with E-state index in [0.29, 0.717) is 10.7 Å². The zero-order valence-electron chi connectivity index (χ0n) is 18.9. The predicted octanol–water partition coefficient (Wildman–Crippen LogP) is 6.08. The number of fused-ring (bicyclic) bond motifs is 1. The summed E-state index contributed by atoms with van der Waals surface area (Å²) in [5, 5.41) is 15.9. The summed E-state index contributed by atoms with van der Waals surface area (Å²) in [5.74, 6) is -1.78. The molecule has 3 N–H and O–H groups in total. The lowest BCUT2D eigenvalue weighted by Crippen LogP contribution is -2.49. The molecule has 0 saturated heterocycles. The van der Waals surface area contributed by atoms with Crippen molar-refractivity contribution >= 4 is 44.2 Å². The van der Waals surface area contributed by atoms with Crippen LogP contribution in [0.25, 0.3) is 21.3 Å². The number of carbonyl (C=O) groups is 2. The monoisotopic (exact) mass is 477 g/mol. The number of nitrogens with one attached hydrogen (secondary N) is 2. The molecular formula is C26H24FN3O3S. The number of rotatable bonds is 6. The molecule has 34 heavy (non-hydrogen) atoms. The molecule has 8 heteroatoms. The van der Waals surface area contributed by atoms with E-state index in [1.807, 2.05) is 36.4 Å². The van der Waals surface area contributed by atoms with Crippen molar-refractivity contribution in [3.63, 3.8) is 0 Å². The van der Waals surface area contributed by atoms with Crippen LogP contribution >= 0.6 is 11.3 Å². The quantitative estimate of drug-likeness (QED) is 0.313. The highest BCUT2D eigenvalue weighted by molar-refractivity contribution is 7.22. The van der Waals surface area contributed by atoms with Crippen LogP contribution in [0.2, 0.25) is 0 Å². The average molecular weight is 478 g/mol. The third-order valence-corrected chi connectivity index (χ3v) is 6.29. The Bertz CT molecular complexity index is 1340. The van der Waals surface area contributed by atoms with Gasteiger partial charge in [0.2, 0.25) is 0 Å². The van der Waals surface area contributed by atoms with Gasteiger partial charge in [-0.3, -0.25) is 4.79 Å². The Labute approximate surface area is 200 Å². The van der Waals surface area contributed by atoms with Crippen LogP contribution in [0.3, 0.4) is 0 Å². The number of hydrogen-bond donors (Lipinski definition) is 3. The maximum absolute atomic E-state index is 13.4. The van der Waals surface area contributed by atoms with Gasteiger partial charge in [-0.1, -0.05) is 56.4 Å². The SMILES string of the molecule is CC(C)(C)[C@H](NC(=O)c1ccc(-c2ccc(Nc3nc4ccc(F)cc4s3)cc2)cc1)C(=O)O. The molecule has 0 aliphatic rings. The summed E-state index contributed by atoms with van der Waals surface area (Å²) in [7, 11) is 0. The Kier molecular flexibility index (Phi) is 6.34. The van der Waals surface area contributed by atoms with Crippen molar-refractivity contribution in [3.8, 4) is 11.1 Å². The van der Waals surface area contributed by atoms with E-state index in [1.165, 1.54) is 23.5 Å². The molecule has 3 aromatic carbocycles. The molecule has 0 aliphatic carbocycles. The topological polar surface area (TPSA) is 91.3 Å². The molecule has 1 heterocycles. The normalized spacial score (nSPS) is 12.4. The van der Waals surface area contributed by atoms with Crippen molar-refractivity contribution in [2.45, 2.75) is 26.8 Å². The van der Waals surface area contributed by atoms with Gasteiger partial charge in [-0.25, -0.2) is 14.2 Å². The Morgan fingerprint density at radius 2 is 1.59 bits per heavy atom. The molecule has 1 aromatic heterocycles. The van der Waals surface area contributed by atoms with Gasteiger partial charge >= 0.3 is 5.97 Å². The highest BCUT2D eigenvalue weighted by atomic mass is 32.1. The van der Waals surface area contributed by atoms with Gasteiger partial charge in [0.25, 0.3) is 5.91 Å². The van der Waals surface area contributed by atoms with E-state index in [2.05, 4.69) is 15.6 Å². The first-order chi connectivity index (χ1) is 16.1. The zero-order valence-corrected chi connectivity index (χ0v) is 19.7. The highest BCUT2D eigenvalue weighted by Crippen LogP contribution is 2.30. The van der Waals surface area contributed by atoms with Gasteiger partial charge in [-0.15, -0.1) is 0 Å². The first kappa shape index (κ1) is 23.4. The van der Waals surface area contributed by atoms with Crippen LogP contribution in [0, 0.1) is 11.2 Å². The molecule has 0 bridgehead atoms. The fraction of sp³-hybridized carbons (Fsp3) is 0.192. The van der Waals surface area contributed by atoms with Crippen LogP contribution in [0.1, 0.15) is 31.1 Å². The molecule has 174 valence electrons. The number of carboxylic acid groups (broad SMARTS) is 1. The smallest absolute Gasteiger partial charge is 0.326 e. The Balaban J connectivity index is 1.44. The fourth-order valence-corrected chi connectivity index (χ4v) is 4.41. The van der Waals surface area contributed by atoms with E-state index in [-0.39, 0.29) is 5.82 Å². The molecule has 4 aromatic rings. The van der Waals surface area contributed by atoms with Gasteiger partial charge in [-0.2, -0.15) is 0 Å². The minimum atomic E-state index is -1.07. The van der Waals surface area contributed by atoms with E-state index < -0.39 is 23.3 Å². The molecule has 1 atom stereocenters. The lowest BCUT2D eigenvalue weighted by atomic mass is 9.86. The predicted molar refractivity (Wildman–Crippen MR) is 133 cm³/mol. The lowest BCUT2D eigenvalue weighted by Gasteiger charge is -2.27. The number of aliphatic carboxylic acids is 1. The number of aromatic nitrogens is 1. The molecule has 1 amide bonds. The number of benzene rings is 3. The third kappa shape index (κ3) is 5.23. The first-order valence-electron chi connectivity index (χ1n) is 10.7. The largest absolute Gasteiger partial charge is 0.480 e. The van der Waals surface area contributed by atoms with Gasteiger partial charge in [0, 0.05) is 11.3 Å². The molecule has 0 spiro atoms. The summed E-state index contributed by atoms with van der Waals surface area (Å²) in [5.41, 5.74) is 3.25. The summed E-state index contributed by atoms with van der Waals surface area (Å²) >= 11 is 1.38. The molecular weight excluding hydrogens is 453 g/mol. The number of anilines is 2. The minimum Gasteiger partial charge on any atom is -0.480 e. The van der Waals surface area contributed by atoms with Crippen molar-refractivity contribution in [1.29, 1.82) is 0 Å². The van der Waals surface area contributed by atoms with E-state index in [9.17, 15) is 19.1 Å². The zero-order chi connectivity index (χ0) is 24.5. The fourth-order valence-electron chi connectivity index (χ4n) is 3.50. The number of hydrogen-bond acceptors (Lipinski definition) is 5. The van der Waals surface area contributed by atoms with Crippen LogP contribution in [0.4, 0.5) is 15.2 Å². The van der Waals surface area contributed by atoms with Crippen LogP contribution in [-0.4, -0.2) is 28.0 Å². The Morgan fingerprint density at radius 3 is 2.18 bits per heavy atom. The summed E-state index contributed by atoms with van der Waals surface area (Å²) < 4.78 is 14.2. The maximum Gasteiger partial charge on any atom is 0.326 e. The van der Waals surface area contributed by atoms with Crippen LogP contribution in [0.5, 0.6) is 0 Å². The van der Waals surface area contributed by atoms with Gasteiger partial charge in [-0.05, 0) is 59.0 Å². The second-order valence-corrected chi connectivity index (χ2v) is 10.1. The number of amides is 1. The van der Waals surface area contributed by atoms with Crippen molar-refractivity contribution < 1.29 is 19.1 Å². The molecule has 6 nitrogen and oxygen atoms in total.